The van der Waals surface area contributed by atoms with Crippen LogP contribution in [-0.4, -0.2) is 34.5 Å². The van der Waals surface area contributed by atoms with E-state index in [0.717, 1.165) is 5.56 Å². The normalized spacial score (nSPS) is 31.8. The summed E-state index contributed by atoms with van der Waals surface area (Å²) in [6.45, 7) is 0. The third-order valence-corrected chi connectivity index (χ3v) is 5.31. The van der Waals surface area contributed by atoms with E-state index in [2.05, 4.69) is 5.32 Å². The van der Waals surface area contributed by atoms with Gasteiger partial charge in [-0.15, -0.1) is 0 Å². The molecule has 1 aromatic carbocycles. The number of aliphatic carboxylic acids is 1. The highest BCUT2D eigenvalue weighted by Crippen LogP contribution is 2.61. The summed E-state index contributed by atoms with van der Waals surface area (Å²) in [7, 11) is 0. The molecule has 0 radical (unpaired) electrons. The SMILES string of the molecule is NC(=O)[C@]1(N)CC[C@H]2[C@H](C(=O)N[C@@H](Cc3ccccc3)C(=O)O)[C@H]21. The Labute approximate surface area is 139 Å². The summed E-state index contributed by atoms with van der Waals surface area (Å²) < 4.78 is 0. The molecule has 3 rings (SSSR count). The molecule has 2 fully saturated rings. The molecule has 24 heavy (non-hydrogen) atoms. The van der Waals surface area contributed by atoms with Gasteiger partial charge >= 0.3 is 5.97 Å². The molecule has 2 amide bonds. The standard InChI is InChI=1S/C17H21N3O4/c18-16(24)17(19)7-6-10-12(13(10)17)14(21)20-11(15(22)23)8-9-4-2-1-3-5-9/h1-5,10-13H,6-8,19H2,(H2,18,24)(H,20,21)(H,22,23)/t10-,11-,12-,13-,17-/m0/s1. The Morgan fingerprint density at radius 1 is 1.29 bits per heavy atom. The summed E-state index contributed by atoms with van der Waals surface area (Å²) in [4.78, 5) is 35.5. The molecule has 2 saturated carbocycles. The largest absolute Gasteiger partial charge is 0.480 e. The van der Waals surface area contributed by atoms with Crippen LogP contribution in [0.1, 0.15) is 18.4 Å². The molecule has 0 heterocycles. The van der Waals surface area contributed by atoms with Gasteiger partial charge in [0.1, 0.15) is 6.04 Å². The maximum Gasteiger partial charge on any atom is 0.326 e. The zero-order chi connectivity index (χ0) is 17.5. The number of amides is 2. The van der Waals surface area contributed by atoms with Gasteiger partial charge in [0.2, 0.25) is 11.8 Å². The van der Waals surface area contributed by atoms with Gasteiger partial charge in [0, 0.05) is 18.3 Å². The molecular formula is C17H21N3O4. The van der Waals surface area contributed by atoms with Gasteiger partial charge in [0.25, 0.3) is 0 Å². The molecule has 7 nitrogen and oxygen atoms in total. The first-order valence-corrected chi connectivity index (χ1v) is 8.00. The van der Waals surface area contributed by atoms with Gasteiger partial charge < -0.3 is 21.9 Å². The molecule has 7 heteroatoms. The maximum atomic E-state index is 12.5. The van der Waals surface area contributed by atoms with Crippen molar-refractivity contribution in [2.45, 2.75) is 30.8 Å². The van der Waals surface area contributed by atoms with E-state index in [-0.39, 0.29) is 24.2 Å². The molecule has 6 N–H and O–H groups in total. The predicted octanol–water partition coefficient (Wildman–Crippen LogP) is -0.363. The number of nitrogens with one attached hydrogen (secondary N) is 1. The molecule has 2 aliphatic carbocycles. The lowest BCUT2D eigenvalue weighted by Gasteiger charge is -2.23. The van der Waals surface area contributed by atoms with Crippen molar-refractivity contribution >= 4 is 17.8 Å². The highest BCUT2D eigenvalue weighted by molar-refractivity contribution is 5.92. The number of carbonyl (C=O) groups excluding carboxylic acids is 2. The third-order valence-electron chi connectivity index (χ3n) is 5.31. The van der Waals surface area contributed by atoms with Crippen molar-refractivity contribution in [3.63, 3.8) is 0 Å². The van der Waals surface area contributed by atoms with Gasteiger partial charge in [-0.2, -0.15) is 0 Å². The Kier molecular flexibility index (Phi) is 4.04. The van der Waals surface area contributed by atoms with E-state index in [4.69, 9.17) is 11.5 Å². The summed E-state index contributed by atoms with van der Waals surface area (Å²) in [5.41, 5.74) is 11.1. The van der Waals surface area contributed by atoms with E-state index >= 15 is 0 Å². The second kappa shape index (κ2) is 5.90. The molecule has 5 atom stereocenters. The molecule has 0 aliphatic heterocycles. The van der Waals surface area contributed by atoms with Gasteiger partial charge in [-0.25, -0.2) is 4.79 Å². The Morgan fingerprint density at radius 2 is 1.96 bits per heavy atom. The number of carboxylic acids is 1. The number of nitrogens with two attached hydrogens (primary N) is 2. The number of hydrogen-bond acceptors (Lipinski definition) is 4. The van der Waals surface area contributed by atoms with Crippen LogP contribution in [0, 0.1) is 17.8 Å². The second-order valence-electron chi connectivity index (χ2n) is 6.75. The number of fused-ring (bicyclic) bond motifs is 1. The number of carboxylic acid groups (broad SMARTS) is 1. The van der Waals surface area contributed by atoms with E-state index < -0.39 is 29.4 Å². The predicted molar refractivity (Wildman–Crippen MR) is 85.5 cm³/mol. The first kappa shape index (κ1) is 16.4. The maximum absolute atomic E-state index is 12.5. The van der Waals surface area contributed by atoms with Crippen LogP contribution in [0.3, 0.4) is 0 Å². The van der Waals surface area contributed by atoms with Crippen LogP contribution in [0.5, 0.6) is 0 Å². The molecule has 2 aliphatic rings. The number of benzene rings is 1. The number of carbonyl (C=O) groups is 3. The average molecular weight is 331 g/mol. The van der Waals surface area contributed by atoms with Crippen molar-refractivity contribution in [3.8, 4) is 0 Å². The van der Waals surface area contributed by atoms with Gasteiger partial charge in [-0.3, -0.25) is 9.59 Å². The summed E-state index contributed by atoms with van der Waals surface area (Å²) in [6.07, 6.45) is 1.35. The van der Waals surface area contributed by atoms with E-state index in [1.54, 1.807) is 0 Å². The Bertz CT molecular complexity index is 678. The fourth-order valence-corrected chi connectivity index (χ4v) is 3.97. The average Bonchev–Trinajstić information content (AvgIpc) is 3.18. The Morgan fingerprint density at radius 3 is 2.54 bits per heavy atom. The van der Waals surface area contributed by atoms with Crippen molar-refractivity contribution in [1.82, 2.24) is 5.32 Å². The van der Waals surface area contributed by atoms with E-state index in [1.165, 1.54) is 0 Å². The molecule has 0 aromatic heterocycles. The molecule has 0 saturated heterocycles. The van der Waals surface area contributed by atoms with Gasteiger partial charge in [0.15, 0.2) is 0 Å². The Balaban J connectivity index is 1.66. The lowest BCUT2D eigenvalue weighted by atomic mass is 9.90. The van der Waals surface area contributed by atoms with Gasteiger partial charge in [-0.05, 0) is 24.3 Å². The second-order valence-corrected chi connectivity index (χ2v) is 6.75. The van der Waals surface area contributed by atoms with Crippen LogP contribution in [0.4, 0.5) is 0 Å². The highest BCUT2D eigenvalue weighted by atomic mass is 16.4. The summed E-state index contributed by atoms with van der Waals surface area (Å²) >= 11 is 0. The number of primary amides is 1. The van der Waals surface area contributed by atoms with Crippen molar-refractivity contribution < 1.29 is 19.5 Å². The molecule has 0 spiro atoms. The first-order valence-electron chi connectivity index (χ1n) is 8.00. The van der Waals surface area contributed by atoms with Crippen molar-refractivity contribution in [3.05, 3.63) is 35.9 Å². The molecule has 1 aromatic rings. The summed E-state index contributed by atoms with van der Waals surface area (Å²) in [5.74, 6) is -2.72. The van der Waals surface area contributed by atoms with E-state index in [1.807, 2.05) is 30.3 Å². The van der Waals surface area contributed by atoms with Gasteiger partial charge in [0.05, 0.1) is 5.54 Å². The van der Waals surface area contributed by atoms with Crippen molar-refractivity contribution in [2.75, 3.05) is 0 Å². The lowest BCUT2D eigenvalue weighted by molar-refractivity contribution is -0.142. The van der Waals surface area contributed by atoms with E-state index in [9.17, 15) is 19.5 Å². The fourth-order valence-electron chi connectivity index (χ4n) is 3.97. The Hall–Kier alpha value is -2.41. The van der Waals surface area contributed by atoms with Crippen LogP contribution in [0.25, 0.3) is 0 Å². The minimum Gasteiger partial charge on any atom is -0.480 e. The van der Waals surface area contributed by atoms with Crippen LogP contribution < -0.4 is 16.8 Å². The molecular weight excluding hydrogens is 310 g/mol. The fraction of sp³-hybridized carbons (Fsp3) is 0.471. The zero-order valence-electron chi connectivity index (χ0n) is 13.1. The van der Waals surface area contributed by atoms with Crippen LogP contribution in [0.15, 0.2) is 30.3 Å². The topological polar surface area (TPSA) is 136 Å². The molecule has 0 bridgehead atoms. The highest BCUT2D eigenvalue weighted by Gasteiger charge is 2.69. The minimum atomic E-state index is -1.15. The lowest BCUT2D eigenvalue weighted by Crippen LogP contribution is -2.54. The van der Waals surface area contributed by atoms with Crippen LogP contribution in [0.2, 0.25) is 0 Å². The number of hydrogen-bond donors (Lipinski definition) is 4. The van der Waals surface area contributed by atoms with Crippen molar-refractivity contribution in [2.24, 2.45) is 29.2 Å². The zero-order valence-corrected chi connectivity index (χ0v) is 13.1. The minimum absolute atomic E-state index is 0.0219. The van der Waals surface area contributed by atoms with Crippen LogP contribution in [-0.2, 0) is 20.8 Å². The van der Waals surface area contributed by atoms with E-state index in [0.29, 0.717) is 12.8 Å². The molecule has 0 unspecified atom stereocenters. The third kappa shape index (κ3) is 2.75. The molecule has 128 valence electrons. The summed E-state index contributed by atoms with van der Waals surface area (Å²) in [5, 5.41) is 12.0. The monoisotopic (exact) mass is 331 g/mol. The van der Waals surface area contributed by atoms with Gasteiger partial charge in [-0.1, -0.05) is 30.3 Å². The first-order chi connectivity index (χ1) is 11.3. The number of rotatable bonds is 6. The quantitative estimate of drug-likeness (QED) is 0.564. The van der Waals surface area contributed by atoms with Crippen LogP contribution >= 0.6 is 0 Å². The van der Waals surface area contributed by atoms with Crippen molar-refractivity contribution in [1.29, 1.82) is 0 Å². The smallest absolute Gasteiger partial charge is 0.326 e. The summed E-state index contributed by atoms with van der Waals surface area (Å²) in [6, 6.07) is 8.08.